The van der Waals surface area contributed by atoms with Gasteiger partial charge in [-0.3, -0.25) is 4.57 Å². The van der Waals surface area contributed by atoms with Gasteiger partial charge in [-0.05, 0) is 24.3 Å². The zero-order valence-corrected chi connectivity index (χ0v) is 10.8. The Hall–Kier alpha value is -2.01. The molecule has 6 heteroatoms. The fourth-order valence-corrected chi connectivity index (χ4v) is 2.30. The van der Waals surface area contributed by atoms with Crippen molar-refractivity contribution >= 4 is 22.6 Å². The molecule has 0 aliphatic rings. The highest BCUT2D eigenvalue weighted by atomic mass is 35.5. The molecular formula is C14H8ClF3N2. The Balaban J connectivity index is 2.34. The van der Waals surface area contributed by atoms with Gasteiger partial charge in [0.05, 0.1) is 22.6 Å². The molecule has 0 aliphatic heterocycles. The second-order valence-electron chi connectivity index (χ2n) is 4.23. The molecule has 0 fully saturated rings. The van der Waals surface area contributed by atoms with Gasteiger partial charge in [-0.25, -0.2) is 18.2 Å². The van der Waals surface area contributed by atoms with E-state index < -0.39 is 17.5 Å². The lowest BCUT2D eigenvalue weighted by Crippen LogP contribution is -2.02. The summed E-state index contributed by atoms with van der Waals surface area (Å²) in [5.74, 6) is -1.47. The number of rotatable bonds is 2. The average Bonchev–Trinajstić information content (AvgIpc) is 2.76. The van der Waals surface area contributed by atoms with Crippen molar-refractivity contribution < 1.29 is 13.2 Å². The number of nitrogens with zero attached hydrogens (tertiary/aromatic N) is 2. The molecule has 1 heterocycles. The smallest absolute Gasteiger partial charge is 0.150 e. The Morgan fingerprint density at radius 3 is 2.40 bits per heavy atom. The zero-order valence-electron chi connectivity index (χ0n) is 10.1. The maximum Gasteiger partial charge on any atom is 0.150 e. The molecule has 2 aromatic carbocycles. The van der Waals surface area contributed by atoms with Gasteiger partial charge in [0, 0.05) is 12.1 Å². The zero-order chi connectivity index (χ0) is 14.3. The molecule has 0 aliphatic carbocycles. The molecule has 20 heavy (non-hydrogen) atoms. The van der Waals surface area contributed by atoms with Crippen molar-refractivity contribution in [2.24, 2.45) is 0 Å². The van der Waals surface area contributed by atoms with Crippen molar-refractivity contribution in [3.05, 3.63) is 59.7 Å². The molecule has 0 saturated heterocycles. The van der Waals surface area contributed by atoms with Gasteiger partial charge >= 0.3 is 0 Å². The summed E-state index contributed by atoms with van der Waals surface area (Å²) in [7, 11) is 0. The SMILES string of the molecule is Fc1ccc(-n2c(CCl)nc3cc(F)ccc32)c(F)c1. The Morgan fingerprint density at radius 2 is 1.70 bits per heavy atom. The van der Waals surface area contributed by atoms with E-state index in [-0.39, 0.29) is 11.6 Å². The van der Waals surface area contributed by atoms with Crippen LogP contribution in [0.4, 0.5) is 13.2 Å². The summed E-state index contributed by atoms with van der Waals surface area (Å²) in [5.41, 5.74) is 0.994. The van der Waals surface area contributed by atoms with Gasteiger partial charge in [0.2, 0.25) is 0 Å². The molecule has 0 spiro atoms. The Bertz CT molecular complexity index is 798. The minimum Gasteiger partial charge on any atom is -0.292 e. The Kier molecular flexibility index (Phi) is 3.14. The van der Waals surface area contributed by atoms with Gasteiger partial charge < -0.3 is 0 Å². The van der Waals surface area contributed by atoms with Gasteiger partial charge in [0.25, 0.3) is 0 Å². The second-order valence-corrected chi connectivity index (χ2v) is 4.49. The molecule has 1 aromatic heterocycles. The summed E-state index contributed by atoms with van der Waals surface area (Å²) < 4.78 is 41.6. The molecule has 3 rings (SSSR count). The third-order valence-corrected chi connectivity index (χ3v) is 3.20. The summed E-state index contributed by atoms with van der Waals surface area (Å²) in [6.07, 6.45) is 0. The van der Waals surface area contributed by atoms with Gasteiger partial charge in [0.15, 0.2) is 0 Å². The first-order valence-electron chi connectivity index (χ1n) is 5.78. The molecule has 0 atom stereocenters. The quantitative estimate of drug-likeness (QED) is 0.649. The van der Waals surface area contributed by atoms with Crippen LogP contribution in [0.5, 0.6) is 0 Å². The molecule has 0 N–H and O–H groups in total. The van der Waals surface area contributed by atoms with Gasteiger partial charge in [-0.15, -0.1) is 11.6 Å². The molecule has 2 nitrogen and oxygen atoms in total. The molecule has 0 saturated carbocycles. The van der Waals surface area contributed by atoms with Crippen molar-refractivity contribution in [1.29, 1.82) is 0 Å². The van der Waals surface area contributed by atoms with Crippen molar-refractivity contribution in [2.75, 3.05) is 0 Å². The summed E-state index contributed by atoms with van der Waals surface area (Å²) in [4.78, 5) is 4.16. The van der Waals surface area contributed by atoms with Crippen LogP contribution in [0.3, 0.4) is 0 Å². The van der Waals surface area contributed by atoms with E-state index in [0.717, 1.165) is 12.1 Å². The fraction of sp³-hybridized carbons (Fsp3) is 0.0714. The van der Waals surface area contributed by atoms with E-state index in [4.69, 9.17) is 11.6 Å². The predicted molar refractivity (Wildman–Crippen MR) is 70.5 cm³/mol. The fourth-order valence-electron chi connectivity index (χ4n) is 2.12. The largest absolute Gasteiger partial charge is 0.292 e. The van der Waals surface area contributed by atoms with E-state index in [1.807, 2.05) is 0 Å². The number of benzene rings is 2. The highest BCUT2D eigenvalue weighted by Gasteiger charge is 2.15. The van der Waals surface area contributed by atoms with Crippen LogP contribution in [0.15, 0.2) is 36.4 Å². The number of aromatic nitrogens is 2. The van der Waals surface area contributed by atoms with E-state index in [1.54, 1.807) is 0 Å². The normalized spacial score (nSPS) is 11.2. The van der Waals surface area contributed by atoms with Crippen LogP contribution in [0.25, 0.3) is 16.7 Å². The van der Waals surface area contributed by atoms with Crippen LogP contribution in [-0.2, 0) is 5.88 Å². The number of hydrogen-bond acceptors (Lipinski definition) is 1. The van der Waals surface area contributed by atoms with Crippen LogP contribution in [0.1, 0.15) is 5.82 Å². The number of hydrogen-bond donors (Lipinski definition) is 0. The third-order valence-electron chi connectivity index (χ3n) is 2.96. The number of alkyl halides is 1. The Labute approximate surface area is 117 Å². The van der Waals surface area contributed by atoms with Crippen LogP contribution in [0.2, 0.25) is 0 Å². The highest BCUT2D eigenvalue weighted by Crippen LogP contribution is 2.25. The summed E-state index contributed by atoms with van der Waals surface area (Å²) in [5, 5.41) is 0. The predicted octanol–water partition coefficient (Wildman–Crippen LogP) is 4.18. The number of halogens is 4. The van der Waals surface area contributed by atoms with E-state index in [1.165, 1.54) is 28.8 Å². The molecule has 102 valence electrons. The minimum atomic E-state index is -0.736. The summed E-state index contributed by atoms with van der Waals surface area (Å²) in [6, 6.07) is 7.19. The third kappa shape index (κ3) is 2.04. The number of imidazole rings is 1. The van der Waals surface area contributed by atoms with E-state index in [2.05, 4.69) is 4.98 Å². The molecular weight excluding hydrogens is 289 g/mol. The van der Waals surface area contributed by atoms with Crippen LogP contribution in [-0.4, -0.2) is 9.55 Å². The van der Waals surface area contributed by atoms with Gasteiger partial charge in [-0.1, -0.05) is 0 Å². The molecule has 0 unspecified atom stereocenters. The lowest BCUT2D eigenvalue weighted by Gasteiger charge is -2.09. The van der Waals surface area contributed by atoms with Crippen molar-refractivity contribution in [3.8, 4) is 5.69 Å². The van der Waals surface area contributed by atoms with Gasteiger partial charge in [0.1, 0.15) is 23.3 Å². The second kappa shape index (κ2) is 4.83. The van der Waals surface area contributed by atoms with Crippen LogP contribution < -0.4 is 0 Å². The van der Waals surface area contributed by atoms with Gasteiger partial charge in [-0.2, -0.15) is 0 Å². The van der Waals surface area contributed by atoms with Crippen molar-refractivity contribution in [2.45, 2.75) is 5.88 Å². The lowest BCUT2D eigenvalue weighted by molar-refractivity contribution is 0.577. The van der Waals surface area contributed by atoms with E-state index >= 15 is 0 Å². The Morgan fingerprint density at radius 1 is 1.00 bits per heavy atom. The molecule has 0 radical (unpaired) electrons. The topological polar surface area (TPSA) is 17.8 Å². The monoisotopic (exact) mass is 296 g/mol. The summed E-state index contributed by atoms with van der Waals surface area (Å²) in [6.45, 7) is 0. The molecule has 0 amide bonds. The first kappa shape index (κ1) is 13.0. The molecule has 0 bridgehead atoms. The standard InChI is InChI=1S/C14H8ClF3N2/c15-7-14-19-11-6-9(17)2-4-13(11)20(14)12-3-1-8(16)5-10(12)18/h1-6H,7H2. The molecule has 3 aromatic rings. The number of fused-ring (bicyclic) bond motifs is 1. The maximum atomic E-state index is 13.9. The maximum absolute atomic E-state index is 13.9. The summed E-state index contributed by atoms with van der Waals surface area (Å²) >= 11 is 5.80. The van der Waals surface area contributed by atoms with Crippen molar-refractivity contribution in [3.63, 3.8) is 0 Å². The first-order valence-corrected chi connectivity index (χ1v) is 6.32. The average molecular weight is 297 g/mol. The van der Waals surface area contributed by atoms with Crippen LogP contribution >= 0.6 is 11.6 Å². The lowest BCUT2D eigenvalue weighted by atomic mass is 10.2. The van der Waals surface area contributed by atoms with Crippen LogP contribution in [0, 0.1) is 17.5 Å². The minimum absolute atomic E-state index is 0.0209. The highest BCUT2D eigenvalue weighted by molar-refractivity contribution is 6.17. The van der Waals surface area contributed by atoms with Crippen molar-refractivity contribution in [1.82, 2.24) is 9.55 Å². The van der Waals surface area contributed by atoms with E-state index in [0.29, 0.717) is 16.9 Å². The van der Waals surface area contributed by atoms with E-state index in [9.17, 15) is 13.2 Å². The first-order chi connectivity index (χ1) is 9.60.